The Bertz CT molecular complexity index is 345. The summed E-state index contributed by atoms with van der Waals surface area (Å²) >= 11 is 0. The molecule has 1 aromatic rings. The predicted octanol–water partition coefficient (Wildman–Crippen LogP) is 2.74. The number of halogens is 1. The van der Waals surface area contributed by atoms with E-state index < -0.39 is 0 Å². The number of benzene rings is 1. The van der Waals surface area contributed by atoms with Gasteiger partial charge in [0.25, 0.3) is 0 Å². The second kappa shape index (κ2) is 8.89. The van der Waals surface area contributed by atoms with Gasteiger partial charge >= 0.3 is 0 Å². The number of ether oxygens (including phenoxy) is 2. The van der Waals surface area contributed by atoms with Crippen LogP contribution in [0, 0.1) is 5.82 Å². The molecule has 4 heteroatoms. The van der Waals surface area contributed by atoms with Gasteiger partial charge in [-0.1, -0.05) is 6.07 Å². The minimum atomic E-state index is -0.308. The molecular formula is C14H22FNO2. The summed E-state index contributed by atoms with van der Waals surface area (Å²) < 4.78 is 23.3. The highest BCUT2D eigenvalue weighted by molar-refractivity contribution is 5.29. The number of hydrogen-bond donors (Lipinski definition) is 1. The SMILES string of the molecule is COCCCCCNCc1ccc(OC)c(F)c1. The minimum Gasteiger partial charge on any atom is -0.494 e. The Morgan fingerprint density at radius 3 is 2.67 bits per heavy atom. The van der Waals surface area contributed by atoms with Crippen LogP contribution in [0.25, 0.3) is 0 Å². The van der Waals surface area contributed by atoms with Gasteiger partial charge in [0.15, 0.2) is 11.6 Å². The number of methoxy groups -OCH3 is 2. The van der Waals surface area contributed by atoms with E-state index in [1.165, 1.54) is 13.2 Å². The summed E-state index contributed by atoms with van der Waals surface area (Å²) in [6.45, 7) is 2.45. The lowest BCUT2D eigenvalue weighted by molar-refractivity contribution is 0.192. The maximum Gasteiger partial charge on any atom is 0.165 e. The van der Waals surface area contributed by atoms with Crippen LogP contribution in [0.1, 0.15) is 24.8 Å². The molecule has 1 rings (SSSR count). The number of unbranched alkanes of at least 4 members (excludes halogenated alkanes) is 2. The zero-order chi connectivity index (χ0) is 13.2. The molecule has 0 spiro atoms. The van der Waals surface area contributed by atoms with Gasteiger partial charge in [0.2, 0.25) is 0 Å². The van der Waals surface area contributed by atoms with Crippen molar-refractivity contribution < 1.29 is 13.9 Å². The summed E-state index contributed by atoms with van der Waals surface area (Å²) in [4.78, 5) is 0. The molecule has 1 N–H and O–H groups in total. The fraction of sp³-hybridized carbons (Fsp3) is 0.571. The number of rotatable bonds is 9. The Morgan fingerprint density at radius 2 is 2.00 bits per heavy atom. The average Bonchev–Trinajstić information content (AvgIpc) is 2.38. The first-order valence-electron chi connectivity index (χ1n) is 6.30. The van der Waals surface area contributed by atoms with Crippen molar-refractivity contribution in [3.63, 3.8) is 0 Å². The monoisotopic (exact) mass is 255 g/mol. The number of nitrogens with one attached hydrogen (secondary N) is 1. The van der Waals surface area contributed by atoms with E-state index >= 15 is 0 Å². The van der Waals surface area contributed by atoms with E-state index in [1.54, 1.807) is 13.2 Å². The molecule has 1 aromatic carbocycles. The van der Waals surface area contributed by atoms with Crippen LogP contribution in [-0.2, 0) is 11.3 Å². The maximum atomic E-state index is 13.4. The zero-order valence-corrected chi connectivity index (χ0v) is 11.2. The van der Waals surface area contributed by atoms with Crippen molar-refractivity contribution in [2.45, 2.75) is 25.8 Å². The highest BCUT2D eigenvalue weighted by Crippen LogP contribution is 2.17. The van der Waals surface area contributed by atoms with Crippen LogP contribution < -0.4 is 10.1 Å². The van der Waals surface area contributed by atoms with Crippen LogP contribution in [0.3, 0.4) is 0 Å². The van der Waals surface area contributed by atoms with Gasteiger partial charge in [0, 0.05) is 20.3 Å². The first kappa shape index (κ1) is 14.9. The average molecular weight is 255 g/mol. The van der Waals surface area contributed by atoms with E-state index in [1.807, 2.05) is 6.07 Å². The summed E-state index contributed by atoms with van der Waals surface area (Å²) in [5.74, 6) is -0.0183. The van der Waals surface area contributed by atoms with Gasteiger partial charge < -0.3 is 14.8 Å². The van der Waals surface area contributed by atoms with Crippen LogP contribution in [-0.4, -0.2) is 27.4 Å². The van der Waals surface area contributed by atoms with E-state index in [0.717, 1.165) is 38.0 Å². The predicted molar refractivity (Wildman–Crippen MR) is 70.4 cm³/mol. The quantitative estimate of drug-likeness (QED) is 0.688. The molecule has 102 valence electrons. The van der Waals surface area contributed by atoms with Crippen LogP contribution >= 0.6 is 0 Å². The van der Waals surface area contributed by atoms with Crippen LogP contribution in [0.4, 0.5) is 4.39 Å². The maximum absolute atomic E-state index is 13.4. The highest BCUT2D eigenvalue weighted by Gasteiger charge is 2.02. The standard InChI is InChI=1S/C14H22FNO2/c1-17-9-5-3-4-8-16-11-12-6-7-14(18-2)13(15)10-12/h6-7,10,16H,3-5,8-9,11H2,1-2H3. The fourth-order valence-electron chi connectivity index (χ4n) is 1.73. The molecule has 0 radical (unpaired) electrons. The molecular weight excluding hydrogens is 233 g/mol. The smallest absolute Gasteiger partial charge is 0.165 e. The van der Waals surface area contributed by atoms with Crippen LogP contribution in [0.15, 0.2) is 18.2 Å². The summed E-state index contributed by atoms with van der Waals surface area (Å²) in [5.41, 5.74) is 0.935. The van der Waals surface area contributed by atoms with Gasteiger partial charge in [-0.05, 0) is 43.5 Å². The second-order valence-corrected chi connectivity index (χ2v) is 4.20. The largest absolute Gasteiger partial charge is 0.494 e. The van der Waals surface area contributed by atoms with Crippen molar-refractivity contribution in [3.8, 4) is 5.75 Å². The molecule has 0 atom stereocenters. The van der Waals surface area contributed by atoms with Crippen molar-refractivity contribution in [2.75, 3.05) is 27.4 Å². The van der Waals surface area contributed by atoms with Gasteiger partial charge in [-0.25, -0.2) is 4.39 Å². The first-order valence-corrected chi connectivity index (χ1v) is 6.30. The lowest BCUT2D eigenvalue weighted by atomic mass is 10.2. The molecule has 0 aromatic heterocycles. The molecule has 0 aliphatic rings. The lowest BCUT2D eigenvalue weighted by Gasteiger charge is -2.07. The van der Waals surface area contributed by atoms with Gasteiger partial charge in [-0.15, -0.1) is 0 Å². The molecule has 0 unspecified atom stereocenters. The minimum absolute atomic E-state index is 0.290. The van der Waals surface area contributed by atoms with Crippen molar-refractivity contribution in [1.82, 2.24) is 5.32 Å². The van der Waals surface area contributed by atoms with Gasteiger partial charge in [0.05, 0.1) is 7.11 Å². The van der Waals surface area contributed by atoms with Crippen molar-refractivity contribution >= 4 is 0 Å². The molecule has 0 heterocycles. The highest BCUT2D eigenvalue weighted by atomic mass is 19.1. The molecule has 0 aliphatic carbocycles. The third-order valence-electron chi connectivity index (χ3n) is 2.75. The van der Waals surface area contributed by atoms with Gasteiger partial charge in [-0.2, -0.15) is 0 Å². The molecule has 0 bridgehead atoms. The third kappa shape index (κ3) is 5.47. The van der Waals surface area contributed by atoms with E-state index in [2.05, 4.69) is 5.32 Å². The Kier molecular flexibility index (Phi) is 7.37. The summed E-state index contributed by atoms with van der Waals surface area (Å²) in [6, 6.07) is 5.04. The zero-order valence-electron chi connectivity index (χ0n) is 11.2. The summed E-state index contributed by atoms with van der Waals surface area (Å²) in [5, 5.41) is 3.29. The van der Waals surface area contributed by atoms with E-state index in [4.69, 9.17) is 9.47 Å². The molecule has 0 saturated heterocycles. The Labute approximate surface area is 108 Å². The van der Waals surface area contributed by atoms with Gasteiger partial charge in [0.1, 0.15) is 0 Å². The van der Waals surface area contributed by atoms with E-state index in [0.29, 0.717) is 12.3 Å². The number of hydrogen-bond acceptors (Lipinski definition) is 3. The third-order valence-corrected chi connectivity index (χ3v) is 2.75. The Balaban J connectivity index is 2.17. The first-order chi connectivity index (χ1) is 8.77. The molecule has 0 saturated carbocycles. The topological polar surface area (TPSA) is 30.5 Å². The van der Waals surface area contributed by atoms with Crippen LogP contribution in [0.5, 0.6) is 5.75 Å². The molecule has 0 aliphatic heterocycles. The fourth-order valence-corrected chi connectivity index (χ4v) is 1.73. The Hall–Kier alpha value is -1.13. The second-order valence-electron chi connectivity index (χ2n) is 4.20. The van der Waals surface area contributed by atoms with Crippen LogP contribution in [0.2, 0.25) is 0 Å². The van der Waals surface area contributed by atoms with E-state index in [9.17, 15) is 4.39 Å². The van der Waals surface area contributed by atoms with Crippen molar-refractivity contribution in [2.24, 2.45) is 0 Å². The molecule has 0 amide bonds. The normalized spacial score (nSPS) is 10.6. The summed E-state index contributed by atoms with van der Waals surface area (Å²) in [6.07, 6.45) is 3.36. The molecule has 3 nitrogen and oxygen atoms in total. The van der Waals surface area contributed by atoms with Crippen molar-refractivity contribution in [3.05, 3.63) is 29.6 Å². The molecule has 0 fully saturated rings. The summed E-state index contributed by atoms with van der Waals surface area (Å²) in [7, 11) is 3.19. The Morgan fingerprint density at radius 1 is 1.17 bits per heavy atom. The van der Waals surface area contributed by atoms with Gasteiger partial charge in [-0.3, -0.25) is 0 Å². The van der Waals surface area contributed by atoms with E-state index in [-0.39, 0.29) is 5.82 Å². The molecule has 18 heavy (non-hydrogen) atoms. The van der Waals surface area contributed by atoms with Crippen molar-refractivity contribution in [1.29, 1.82) is 0 Å². The lowest BCUT2D eigenvalue weighted by Crippen LogP contribution is -2.14.